The minimum absolute atomic E-state index is 0.00754. The van der Waals surface area contributed by atoms with Crippen LogP contribution in [0.2, 0.25) is 10.0 Å². The number of carbonyl (C=O) groups is 3. The number of quaternary nitrogens is 1. The van der Waals surface area contributed by atoms with Gasteiger partial charge < -0.3 is 40.0 Å². The fourth-order valence-electron chi connectivity index (χ4n) is 8.63. The number of nitrogens with zero attached hydrogens (tertiary/aromatic N) is 4. The van der Waals surface area contributed by atoms with Gasteiger partial charge in [0.25, 0.3) is 6.09 Å². The van der Waals surface area contributed by atoms with Crippen LogP contribution in [0.15, 0.2) is 36.4 Å². The quantitative estimate of drug-likeness (QED) is 0.295. The molecular weight excluding hydrogens is 645 g/mol. The molecule has 11 nitrogen and oxygen atoms in total. The molecule has 0 saturated carbocycles. The topological polar surface area (TPSA) is 136 Å². The van der Waals surface area contributed by atoms with Gasteiger partial charge >= 0.3 is 6.03 Å². The summed E-state index contributed by atoms with van der Waals surface area (Å²) >= 11 is 12.6. The van der Waals surface area contributed by atoms with E-state index >= 15 is 0 Å². The van der Waals surface area contributed by atoms with Crippen molar-refractivity contribution in [1.29, 1.82) is 0 Å². The Morgan fingerprint density at radius 3 is 2.36 bits per heavy atom. The molecule has 47 heavy (non-hydrogen) atoms. The number of amides is 3. The van der Waals surface area contributed by atoms with Gasteiger partial charge in [0.15, 0.2) is 11.4 Å². The zero-order chi connectivity index (χ0) is 33.3. The fourth-order valence-corrected chi connectivity index (χ4v) is 9.16. The maximum atomic E-state index is 13.7. The lowest BCUT2D eigenvalue weighted by Gasteiger charge is -2.62. The summed E-state index contributed by atoms with van der Waals surface area (Å²) in [6.07, 6.45) is 3.46. The molecule has 0 bridgehead atoms. The van der Waals surface area contributed by atoms with Gasteiger partial charge in [-0.1, -0.05) is 41.4 Å². The predicted molar refractivity (Wildman–Crippen MR) is 176 cm³/mol. The zero-order valence-electron chi connectivity index (χ0n) is 26.5. The van der Waals surface area contributed by atoms with Crippen molar-refractivity contribution in [2.75, 3.05) is 44.6 Å². The molecule has 2 aromatic rings. The summed E-state index contributed by atoms with van der Waals surface area (Å²) in [6.45, 7) is 3.27. The van der Waals surface area contributed by atoms with Gasteiger partial charge in [-0.15, -0.1) is 0 Å². The van der Waals surface area contributed by atoms with Crippen LogP contribution in [0.1, 0.15) is 56.1 Å². The number of aliphatic hydroxyl groups excluding tert-OH is 1. The number of carbonyl (C=O) groups excluding carboxylic acids is 3. The highest BCUT2D eigenvalue weighted by molar-refractivity contribution is 6.37. The number of benzene rings is 2. The molecule has 3 N–H and O–H groups in total. The molecule has 4 heterocycles. The summed E-state index contributed by atoms with van der Waals surface area (Å²) in [6, 6.07) is 10.5. The number of phenolic OH excluding ortho intramolecular Hbond substituents is 1. The third kappa shape index (κ3) is 6.46. The molecule has 3 amide bonds. The second-order valence-corrected chi connectivity index (χ2v) is 14.4. The van der Waals surface area contributed by atoms with Crippen LogP contribution in [0.4, 0.5) is 15.3 Å². The Morgan fingerprint density at radius 2 is 1.70 bits per heavy atom. The highest BCUT2D eigenvalue weighted by Crippen LogP contribution is 2.46. The van der Waals surface area contributed by atoms with E-state index in [1.165, 1.54) is 12.1 Å². The zero-order valence-corrected chi connectivity index (χ0v) is 28.0. The number of hydrogen-bond donors (Lipinski definition) is 3. The Morgan fingerprint density at radius 1 is 1.02 bits per heavy atom. The number of piperidine rings is 3. The number of hydrogen-bond acceptors (Lipinski definition) is 8. The van der Waals surface area contributed by atoms with E-state index in [1.54, 1.807) is 0 Å². The van der Waals surface area contributed by atoms with Gasteiger partial charge in [0, 0.05) is 68.9 Å². The maximum absolute atomic E-state index is 13.7. The fraction of sp³-hybridized carbons (Fsp3) is 0.559. The third-order valence-corrected chi connectivity index (χ3v) is 11.7. The molecule has 0 aliphatic carbocycles. The van der Waals surface area contributed by atoms with Crippen molar-refractivity contribution in [3.05, 3.63) is 57.6 Å². The Bertz CT molecular complexity index is 1470. The largest absolute Gasteiger partial charge is 0.505 e. The highest BCUT2D eigenvalue weighted by Gasteiger charge is 2.61. The van der Waals surface area contributed by atoms with Crippen molar-refractivity contribution in [3.63, 3.8) is 0 Å². The van der Waals surface area contributed by atoms with Gasteiger partial charge in [-0.2, -0.15) is 0 Å². The van der Waals surface area contributed by atoms with E-state index in [2.05, 4.69) is 15.1 Å². The van der Waals surface area contributed by atoms with E-state index in [1.807, 2.05) is 29.2 Å². The summed E-state index contributed by atoms with van der Waals surface area (Å²) < 4.78 is -0.560. The number of phenols is 1. The Hall–Kier alpha value is -2.93. The summed E-state index contributed by atoms with van der Waals surface area (Å²) in [5.41, 5.74) is 1.07. The molecule has 4 aliphatic heterocycles. The molecule has 13 heteroatoms. The SMILES string of the molecule is O=CCC1(N2CCC(N3CCC(O)CC3)CC2)CC(N2CCc3ccccc3NC2=O)CC[N@+]1(Cc1cc(Cl)c(O)c(Cl)c1)C(=O)[O-]. The standard InChI is InChI=1S/C34H43Cl2N5O6/c35-28-19-23(20-29(36)31(28)44)22-41(33(46)47)17-10-26(40-16-5-24-3-1-2-4-30(24)37-32(40)45)21-34(41,11-18-42)39-14-6-25(7-15-39)38-12-8-27(43)9-13-38/h1-4,18-20,25-27,43H,5-17,21-22H2,(H2-,37,44,45,46,47)/t26?,34?,41-/m0/s1. The normalized spacial score (nSPS) is 28.4. The van der Waals surface area contributed by atoms with Crippen LogP contribution in [0.3, 0.4) is 0 Å². The number of urea groups is 1. The molecule has 0 spiro atoms. The van der Waals surface area contributed by atoms with Crippen LogP contribution < -0.4 is 10.4 Å². The molecule has 254 valence electrons. The Balaban J connectivity index is 1.36. The number of aromatic hydroxyl groups is 1. The molecule has 3 saturated heterocycles. The minimum atomic E-state index is -1.31. The average Bonchev–Trinajstić information content (AvgIpc) is 3.23. The predicted octanol–water partition coefficient (Wildman–Crippen LogP) is 3.82. The monoisotopic (exact) mass is 687 g/mol. The first-order valence-electron chi connectivity index (χ1n) is 16.6. The van der Waals surface area contributed by atoms with E-state index < -0.39 is 16.2 Å². The minimum Gasteiger partial charge on any atom is -0.505 e. The molecule has 0 aromatic heterocycles. The Labute approximate surface area is 285 Å². The number of likely N-dealkylation sites (tertiary alicyclic amines) is 3. The number of rotatable bonds is 7. The highest BCUT2D eigenvalue weighted by atomic mass is 35.5. The number of aliphatic hydroxyl groups is 1. The molecule has 2 unspecified atom stereocenters. The lowest BCUT2D eigenvalue weighted by molar-refractivity contribution is -0.956. The maximum Gasteiger partial charge on any atom is 0.322 e. The number of nitrogens with one attached hydrogen (secondary N) is 1. The number of anilines is 1. The van der Waals surface area contributed by atoms with E-state index in [4.69, 9.17) is 23.2 Å². The molecule has 3 atom stereocenters. The first-order valence-corrected chi connectivity index (χ1v) is 17.3. The first kappa shape index (κ1) is 34.0. The van der Waals surface area contributed by atoms with E-state index in [0.717, 1.165) is 56.3 Å². The summed E-state index contributed by atoms with van der Waals surface area (Å²) in [4.78, 5) is 46.4. The van der Waals surface area contributed by atoms with E-state index in [9.17, 15) is 29.7 Å². The summed E-state index contributed by atoms with van der Waals surface area (Å²) in [5.74, 6) is -0.282. The molecule has 4 aliphatic rings. The molecule has 2 aromatic carbocycles. The van der Waals surface area contributed by atoms with Gasteiger partial charge in [-0.3, -0.25) is 9.38 Å². The molecule has 3 fully saturated rings. The number of fused-ring (bicyclic) bond motifs is 1. The van der Waals surface area contributed by atoms with Crippen molar-refractivity contribution in [3.8, 4) is 5.75 Å². The van der Waals surface area contributed by atoms with Crippen LogP contribution in [-0.4, -0.2) is 111 Å². The first-order chi connectivity index (χ1) is 22.6. The second-order valence-electron chi connectivity index (χ2n) is 13.5. The van der Waals surface area contributed by atoms with Gasteiger partial charge in [-0.25, -0.2) is 4.79 Å². The van der Waals surface area contributed by atoms with Crippen molar-refractivity contribution < 1.29 is 34.2 Å². The summed E-state index contributed by atoms with van der Waals surface area (Å²) in [5, 5.41) is 36.9. The van der Waals surface area contributed by atoms with Crippen LogP contribution in [0, 0.1) is 0 Å². The molecular formula is C34H43Cl2N5O6. The van der Waals surface area contributed by atoms with Crippen molar-refractivity contribution >= 4 is 47.3 Å². The summed E-state index contributed by atoms with van der Waals surface area (Å²) in [7, 11) is 0. The lowest BCUT2D eigenvalue weighted by atomic mass is 9.81. The molecule has 0 radical (unpaired) electrons. The van der Waals surface area contributed by atoms with Crippen molar-refractivity contribution in [2.24, 2.45) is 0 Å². The average molecular weight is 689 g/mol. The van der Waals surface area contributed by atoms with Crippen LogP contribution in [0.5, 0.6) is 5.75 Å². The smallest absolute Gasteiger partial charge is 0.322 e. The second kappa shape index (κ2) is 13.9. The number of para-hydroxylation sites is 1. The number of aldehydes is 1. The van der Waals surface area contributed by atoms with Gasteiger partial charge in [0.05, 0.1) is 29.1 Å². The van der Waals surface area contributed by atoms with Crippen LogP contribution >= 0.6 is 23.2 Å². The molecule has 6 rings (SSSR count). The van der Waals surface area contributed by atoms with Gasteiger partial charge in [0.1, 0.15) is 12.8 Å². The third-order valence-electron chi connectivity index (χ3n) is 11.1. The Kier molecular flexibility index (Phi) is 10.0. The lowest BCUT2D eigenvalue weighted by Crippen LogP contribution is -2.80. The van der Waals surface area contributed by atoms with Crippen LogP contribution in [-0.2, 0) is 17.8 Å². The van der Waals surface area contributed by atoms with Gasteiger partial charge in [-0.05, 0) is 55.9 Å². The number of halogens is 2. The van der Waals surface area contributed by atoms with Crippen molar-refractivity contribution in [2.45, 2.75) is 81.8 Å². The van der Waals surface area contributed by atoms with Gasteiger partial charge in [0.2, 0.25) is 0 Å². The van der Waals surface area contributed by atoms with Crippen molar-refractivity contribution in [1.82, 2.24) is 14.7 Å². The van der Waals surface area contributed by atoms with E-state index in [-0.39, 0.29) is 59.9 Å². The number of carboxylic acid groups (broad SMARTS) is 1. The van der Waals surface area contributed by atoms with Crippen LogP contribution in [0.25, 0.3) is 0 Å². The van der Waals surface area contributed by atoms with E-state index in [0.29, 0.717) is 44.1 Å².